The normalized spacial score (nSPS) is 14.6. The molecule has 2 heterocycles. The van der Waals surface area contributed by atoms with Crippen LogP contribution in [-0.4, -0.2) is 11.7 Å². The van der Waals surface area contributed by atoms with Gasteiger partial charge in [-0.25, -0.2) is 0 Å². The Kier molecular flexibility index (Phi) is 3.25. The van der Waals surface area contributed by atoms with Crippen LogP contribution in [0, 0.1) is 13.8 Å². The molecule has 122 valence electrons. The molecule has 0 aliphatic carbocycles. The lowest BCUT2D eigenvalue weighted by Gasteiger charge is -2.31. The Labute approximate surface area is 152 Å². The van der Waals surface area contributed by atoms with Gasteiger partial charge in [0.2, 0.25) is 0 Å². The van der Waals surface area contributed by atoms with Gasteiger partial charge in [-0.1, -0.05) is 54.6 Å². The van der Waals surface area contributed by atoms with Gasteiger partial charge in [0.05, 0.1) is 11.6 Å². The summed E-state index contributed by atoms with van der Waals surface area (Å²) < 4.78 is 4.80. The van der Waals surface area contributed by atoms with Crippen LogP contribution in [0.1, 0.15) is 16.7 Å². The van der Waals surface area contributed by atoms with Gasteiger partial charge in [-0.05, 0) is 59.7 Å². The SMILES string of the molecule is Cc1cccc(C)c1-c1cccc2c1C1=NSCN1c1ccccc1-2. The van der Waals surface area contributed by atoms with E-state index in [1.54, 1.807) is 11.9 Å². The highest BCUT2D eigenvalue weighted by Gasteiger charge is 2.33. The number of aryl methyl sites for hydroxylation is 2. The fraction of sp³-hybridized carbons (Fsp3) is 0.136. The molecule has 3 heteroatoms. The molecule has 0 fully saturated rings. The van der Waals surface area contributed by atoms with Crippen molar-refractivity contribution in [2.45, 2.75) is 13.8 Å². The summed E-state index contributed by atoms with van der Waals surface area (Å²) in [6, 6.07) is 21.8. The van der Waals surface area contributed by atoms with E-state index in [4.69, 9.17) is 4.40 Å². The molecule has 25 heavy (non-hydrogen) atoms. The third-order valence-corrected chi connectivity index (χ3v) is 5.79. The van der Waals surface area contributed by atoms with Crippen molar-refractivity contribution >= 4 is 23.5 Å². The maximum atomic E-state index is 4.80. The standard InChI is InChI=1S/C22H18N2S/c1-14-7-5-8-15(2)20(14)18-11-6-10-17-16-9-3-4-12-19(16)24-13-25-23-22(24)21(17)18/h3-12H,13H2,1-2H3. The molecule has 3 aromatic rings. The highest BCUT2D eigenvalue weighted by atomic mass is 32.2. The third kappa shape index (κ3) is 2.09. The smallest absolute Gasteiger partial charge is 0.150 e. The van der Waals surface area contributed by atoms with Crippen molar-refractivity contribution in [3.8, 4) is 22.3 Å². The number of amidine groups is 1. The molecule has 5 rings (SSSR count). The molecule has 0 aromatic heterocycles. The van der Waals surface area contributed by atoms with Gasteiger partial charge in [0.25, 0.3) is 0 Å². The Morgan fingerprint density at radius 1 is 0.760 bits per heavy atom. The third-order valence-electron chi connectivity index (χ3n) is 5.12. The number of rotatable bonds is 1. The molecule has 0 amide bonds. The van der Waals surface area contributed by atoms with Crippen LogP contribution in [0.25, 0.3) is 22.3 Å². The lowest BCUT2D eigenvalue weighted by atomic mass is 9.85. The Morgan fingerprint density at radius 2 is 1.44 bits per heavy atom. The van der Waals surface area contributed by atoms with E-state index >= 15 is 0 Å². The summed E-state index contributed by atoms with van der Waals surface area (Å²) in [4.78, 5) is 2.35. The Hall–Kier alpha value is -2.52. The van der Waals surface area contributed by atoms with Gasteiger partial charge in [0, 0.05) is 11.1 Å². The van der Waals surface area contributed by atoms with Crippen molar-refractivity contribution in [3.63, 3.8) is 0 Å². The van der Waals surface area contributed by atoms with Crippen LogP contribution >= 0.6 is 11.9 Å². The highest BCUT2D eigenvalue weighted by Crippen LogP contribution is 2.46. The second kappa shape index (κ2) is 5.50. The number of fused-ring (bicyclic) bond motifs is 6. The monoisotopic (exact) mass is 342 g/mol. The van der Waals surface area contributed by atoms with Crippen molar-refractivity contribution in [1.82, 2.24) is 0 Å². The maximum absolute atomic E-state index is 4.80. The zero-order chi connectivity index (χ0) is 17.0. The molecule has 0 spiro atoms. The topological polar surface area (TPSA) is 15.6 Å². The maximum Gasteiger partial charge on any atom is 0.150 e. The van der Waals surface area contributed by atoms with Gasteiger partial charge in [0.1, 0.15) is 0 Å². The van der Waals surface area contributed by atoms with E-state index in [2.05, 4.69) is 79.4 Å². The molecule has 0 atom stereocenters. The number of hydrogen-bond donors (Lipinski definition) is 0. The van der Waals surface area contributed by atoms with Crippen LogP contribution in [0.15, 0.2) is 65.1 Å². The minimum Gasteiger partial charge on any atom is -0.313 e. The highest BCUT2D eigenvalue weighted by molar-refractivity contribution is 7.98. The molecule has 0 unspecified atom stereocenters. The van der Waals surface area contributed by atoms with Gasteiger partial charge >= 0.3 is 0 Å². The van der Waals surface area contributed by atoms with Crippen LogP contribution in [0.3, 0.4) is 0 Å². The summed E-state index contributed by atoms with van der Waals surface area (Å²) in [5.74, 6) is 1.98. The van der Waals surface area contributed by atoms with E-state index in [-0.39, 0.29) is 0 Å². The molecule has 0 saturated carbocycles. The Morgan fingerprint density at radius 3 is 2.28 bits per heavy atom. The molecule has 2 nitrogen and oxygen atoms in total. The summed E-state index contributed by atoms with van der Waals surface area (Å²) in [5.41, 5.74) is 10.4. The first-order valence-electron chi connectivity index (χ1n) is 8.52. The van der Waals surface area contributed by atoms with Crippen molar-refractivity contribution in [1.29, 1.82) is 0 Å². The van der Waals surface area contributed by atoms with Crippen LogP contribution in [0.4, 0.5) is 5.69 Å². The Balaban J connectivity index is 1.88. The van der Waals surface area contributed by atoms with E-state index < -0.39 is 0 Å². The van der Waals surface area contributed by atoms with Crippen molar-refractivity contribution < 1.29 is 0 Å². The fourth-order valence-electron chi connectivity index (χ4n) is 4.02. The summed E-state index contributed by atoms with van der Waals surface area (Å²) in [6.07, 6.45) is 0. The zero-order valence-corrected chi connectivity index (χ0v) is 15.1. The minimum absolute atomic E-state index is 0.882. The van der Waals surface area contributed by atoms with Crippen LogP contribution in [0.2, 0.25) is 0 Å². The van der Waals surface area contributed by atoms with Crippen LogP contribution < -0.4 is 4.90 Å². The first-order valence-corrected chi connectivity index (χ1v) is 9.47. The zero-order valence-electron chi connectivity index (χ0n) is 14.3. The first kappa shape index (κ1) is 14.8. The molecule has 2 aliphatic rings. The molecular weight excluding hydrogens is 324 g/mol. The average molecular weight is 342 g/mol. The molecule has 0 saturated heterocycles. The van der Waals surface area contributed by atoms with E-state index in [1.807, 2.05) is 0 Å². The number of para-hydroxylation sites is 1. The van der Waals surface area contributed by atoms with E-state index in [1.165, 1.54) is 44.6 Å². The first-order chi connectivity index (χ1) is 12.3. The van der Waals surface area contributed by atoms with Crippen molar-refractivity contribution in [2.24, 2.45) is 4.40 Å². The minimum atomic E-state index is 0.882. The van der Waals surface area contributed by atoms with E-state index in [0.717, 1.165) is 11.7 Å². The van der Waals surface area contributed by atoms with Gasteiger partial charge in [0.15, 0.2) is 5.84 Å². The molecule has 3 aromatic carbocycles. The molecule has 0 N–H and O–H groups in total. The van der Waals surface area contributed by atoms with Gasteiger partial charge in [-0.2, -0.15) is 4.40 Å². The van der Waals surface area contributed by atoms with Crippen LogP contribution in [-0.2, 0) is 0 Å². The Bertz CT molecular complexity index is 1020. The van der Waals surface area contributed by atoms with Gasteiger partial charge in [-0.15, -0.1) is 0 Å². The predicted molar refractivity (Wildman–Crippen MR) is 108 cm³/mol. The van der Waals surface area contributed by atoms with E-state index in [9.17, 15) is 0 Å². The summed E-state index contributed by atoms with van der Waals surface area (Å²) >= 11 is 1.63. The summed E-state index contributed by atoms with van der Waals surface area (Å²) in [6.45, 7) is 4.39. The largest absolute Gasteiger partial charge is 0.313 e. The predicted octanol–water partition coefficient (Wildman–Crippen LogP) is 5.82. The molecule has 2 aliphatic heterocycles. The molecule has 0 bridgehead atoms. The van der Waals surface area contributed by atoms with Crippen molar-refractivity contribution in [2.75, 3.05) is 10.8 Å². The fourth-order valence-corrected chi connectivity index (χ4v) is 4.77. The quantitative estimate of drug-likeness (QED) is 0.518. The number of nitrogens with zero attached hydrogens (tertiary/aromatic N) is 2. The van der Waals surface area contributed by atoms with Gasteiger partial charge in [-0.3, -0.25) is 0 Å². The lowest BCUT2D eigenvalue weighted by Crippen LogP contribution is -2.31. The molecule has 0 radical (unpaired) electrons. The lowest BCUT2D eigenvalue weighted by molar-refractivity contribution is 1.23. The van der Waals surface area contributed by atoms with Gasteiger partial charge < -0.3 is 4.90 Å². The number of hydrogen-bond acceptors (Lipinski definition) is 3. The second-order valence-corrected chi connectivity index (χ2v) is 7.31. The average Bonchev–Trinajstić information content (AvgIpc) is 3.12. The summed E-state index contributed by atoms with van der Waals surface area (Å²) in [5, 5.41) is 0. The van der Waals surface area contributed by atoms with E-state index in [0.29, 0.717) is 0 Å². The van der Waals surface area contributed by atoms with Crippen molar-refractivity contribution in [3.05, 3.63) is 77.4 Å². The molecular formula is C22H18N2S. The summed E-state index contributed by atoms with van der Waals surface area (Å²) in [7, 11) is 0. The second-order valence-electron chi connectivity index (χ2n) is 6.61. The van der Waals surface area contributed by atoms with Crippen LogP contribution in [0.5, 0.6) is 0 Å². The number of benzene rings is 3. The number of anilines is 1.